The highest BCUT2D eigenvalue weighted by Gasteiger charge is 2.12. The Kier molecular flexibility index (Phi) is 4.87. The smallest absolute Gasteiger partial charge is 0.330 e. The van der Waals surface area contributed by atoms with E-state index in [9.17, 15) is 14.4 Å². The lowest BCUT2D eigenvalue weighted by molar-refractivity contribution is -0.117. The monoisotopic (exact) mass is 340 g/mol. The Balaban J connectivity index is 2.19. The molecule has 0 saturated heterocycles. The van der Waals surface area contributed by atoms with Crippen molar-refractivity contribution < 1.29 is 4.79 Å². The Morgan fingerprint density at radius 1 is 1.36 bits per heavy atom. The van der Waals surface area contributed by atoms with Gasteiger partial charge in [0.1, 0.15) is 0 Å². The number of aromatic nitrogens is 3. The Hall–Kier alpha value is -1.87. The van der Waals surface area contributed by atoms with Gasteiger partial charge in [0.05, 0.1) is 12.1 Å². The number of aryl methyl sites for hydroxylation is 1. The SMILES string of the molecule is Cc1nc(SCc2cc(=O)n(C)c(=O)n2C)sc1CC(N)=O. The molecular weight excluding hydrogens is 324 g/mol. The van der Waals surface area contributed by atoms with Gasteiger partial charge in [0.15, 0.2) is 4.34 Å². The quantitative estimate of drug-likeness (QED) is 0.782. The van der Waals surface area contributed by atoms with Crippen LogP contribution in [0.2, 0.25) is 0 Å². The van der Waals surface area contributed by atoms with Gasteiger partial charge in [-0.15, -0.1) is 11.3 Å². The van der Waals surface area contributed by atoms with E-state index in [1.54, 1.807) is 7.05 Å². The largest absolute Gasteiger partial charge is 0.369 e. The maximum Gasteiger partial charge on any atom is 0.330 e. The highest BCUT2D eigenvalue weighted by atomic mass is 32.2. The van der Waals surface area contributed by atoms with Crippen LogP contribution in [0.4, 0.5) is 0 Å². The predicted octanol–water partition coefficient (Wildman–Crippen LogP) is 0.169. The third kappa shape index (κ3) is 3.47. The van der Waals surface area contributed by atoms with Gasteiger partial charge in [0.2, 0.25) is 5.91 Å². The number of rotatable bonds is 5. The van der Waals surface area contributed by atoms with E-state index in [0.29, 0.717) is 11.4 Å². The molecule has 0 unspecified atom stereocenters. The van der Waals surface area contributed by atoms with Gasteiger partial charge in [-0.2, -0.15) is 0 Å². The molecule has 0 atom stereocenters. The summed E-state index contributed by atoms with van der Waals surface area (Å²) in [6.07, 6.45) is 0.175. The number of carbonyl (C=O) groups is 1. The average molecular weight is 340 g/mol. The van der Waals surface area contributed by atoms with Crippen molar-refractivity contribution in [3.05, 3.63) is 43.2 Å². The lowest BCUT2D eigenvalue weighted by atomic mass is 10.3. The second kappa shape index (κ2) is 6.49. The fraction of sp³-hybridized carbons (Fsp3) is 0.385. The van der Waals surface area contributed by atoms with Crippen molar-refractivity contribution in [3.8, 4) is 0 Å². The predicted molar refractivity (Wildman–Crippen MR) is 86.2 cm³/mol. The second-order valence-electron chi connectivity index (χ2n) is 4.79. The number of thioether (sulfide) groups is 1. The Bertz CT molecular complexity index is 835. The zero-order valence-corrected chi connectivity index (χ0v) is 14.1. The highest BCUT2D eigenvalue weighted by Crippen LogP contribution is 2.29. The summed E-state index contributed by atoms with van der Waals surface area (Å²) in [6, 6.07) is 1.44. The number of hydrogen-bond donors (Lipinski definition) is 1. The Morgan fingerprint density at radius 2 is 2.05 bits per heavy atom. The summed E-state index contributed by atoms with van der Waals surface area (Å²) in [4.78, 5) is 39.7. The Morgan fingerprint density at radius 3 is 2.68 bits per heavy atom. The number of primary amides is 1. The molecule has 0 bridgehead atoms. The van der Waals surface area contributed by atoms with Crippen LogP contribution in [0.5, 0.6) is 0 Å². The van der Waals surface area contributed by atoms with E-state index in [0.717, 1.165) is 19.5 Å². The van der Waals surface area contributed by atoms with Crippen LogP contribution in [-0.2, 0) is 31.1 Å². The van der Waals surface area contributed by atoms with Gasteiger partial charge in [-0.05, 0) is 6.92 Å². The zero-order chi connectivity index (χ0) is 16.4. The van der Waals surface area contributed by atoms with Crippen molar-refractivity contribution in [2.75, 3.05) is 0 Å². The molecule has 9 heteroatoms. The molecule has 0 spiro atoms. The molecule has 7 nitrogen and oxygen atoms in total. The molecule has 22 heavy (non-hydrogen) atoms. The minimum Gasteiger partial charge on any atom is -0.369 e. The van der Waals surface area contributed by atoms with Gasteiger partial charge in [0.25, 0.3) is 5.56 Å². The lowest BCUT2D eigenvalue weighted by Crippen LogP contribution is -2.37. The van der Waals surface area contributed by atoms with E-state index in [1.165, 1.54) is 40.8 Å². The third-order valence-corrected chi connectivity index (χ3v) is 5.51. The van der Waals surface area contributed by atoms with E-state index >= 15 is 0 Å². The van der Waals surface area contributed by atoms with E-state index in [1.807, 2.05) is 6.92 Å². The maximum atomic E-state index is 11.9. The molecule has 0 radical (unpaired) electrons. The summed E-state index contributed by atoms with van der Waals surface area (Å²) in [6.45, 7) is 1.83. The summed E-state index contributed by atoms with van der Waals surface area (Å²) in [5.74, 6) is 0.0578. The molecule has 0 fully saturated rings. The molecule has 2 aromatic heterocycles. The van der Waals surface area contributed by atoms with Crippen LogP contribution in [0.15, 0.2) is 20.0 Å². The first-order chi connectivity index (χ1) is 10.3. The summed E-state index contributed by atoms with van der Waals surface area (Å²) in [5.41, 5.74) is 5.92. The van der Waals surface area contributed by atoms with Gasteiger partial charge in [-0.3, -0.25) is 18.7 Å². The van der Waals surface area contributed by atoms with Gasteiger partial charge in [-0.1, -0.05) is 11.8 Å². The molecule has 1 amide bonds. The van der Waals surface area contributed by atoms with Crippen molar-refractivity contribution in [3.63, 3.8) is 0 Å². The number of nitrogens with zero attached hydrogens (tertiary/aromatic N) is 3. The summed E-state index contributed by atoms with van der Waals surface area (Å²) >= 11 is 2.83. The molecule has 2 heterocycles. The van der Waals surface area contributed by atoms with Gasteiger partial charge < -0.3 is 5.73 Å². The normalized spacial score (nSPS) is 10.9. The first-order valence-electron chi connectivity index (χ1n) is 6.43. The van der Waals surface area contributed by atoms with Gasteiger partial charge >= 0.3 is 5.69 Å². The first-order valence-corrected chi connectivity index (χ1v) is 8.23. The van der Waals surface area contributed by atoms with E-state index in [2.05, 4.69) is 4.98 Å². The van der Waals surface area contributed by atoms with Crippen molar-refractivity contribution in [1.29, 1.82) is 0 Å². The standard InChI is InChI=1S/C13H16N4O3S2/c1-7-9(5-10(14)18)22-12(15-7)21-6-8-4-11(19)17(3)13(20)16(8)2/h4H,5-6H2,1-3H3,(H2,14,18). The zero-order valence-electron chi connectivity index (χ0n) is 12.5. The van der Waals surface area contributed by atoms with Crippen LogP contribution in [0.1, 0.15) is 16.3 Å². The fourth-order valence-electron chi connectivity index (χ4n) is 1.84. The molecule has 0 saturated carbocycles. The van der Waals surface area contributed by atoms with E-state index in [4.69, 9.17) is 5.73 Å². The van der Waals surface area contributed by atoms with Crippen molar-refractivity contribution >= 4 is 29.0 Å². The van der Waals surface area contributed by atoms with Crippen molar-refractivity contribution in [1.82, 2.24) is 14.1 Å². The minimum absolute atomic E-state index is 0.175. The van der Waals surface area contributed by atoms with Gasteiger partial charge in [0, 0.05) is 36.5 Å². The van der Waals surface area contributed by atoms with Crippen LogP contribution in [0.3, 0.4) is 0 Å². The van der Waals surface area contributed by atoms with Crippen LogP contribution in [0, 0.1) is 6.92 Å². The number of thiazole rings is 1. The molecular formula is C13H16N4O3S2. The molecule has 2 N–H and O–H groups in total. The van der Waals surface area contributed by atoms with Crippen LogP contribution < -0.4 is 17.0 Å². The second-order valence-corrected chi connectivity index (χ2v) is 7.10. The van der Waals surface area contributed by atoms with Crippen LogP contribution in [0.25, 0.3) is 0 Å². The molecule has 2 aromatic rings. The van der Waals surface area contributed by atoms with E-state index in [-0.39, 0.29) is 17.7 Å². The molecule has 0 aliphatic heterocycles. The van der Waals surface area contributed by atoms with Gasteiger partial charge in [-0.25, -0.2) is 9.78 Å². The van der Waals surface area contributed by atoms with Crippen molar-refractivity contribution in [2.45, 2.75) is 23.4 Å². The van der Waals surface area contributed by atoms with E-state index < -0.39 is 5.91 Å². The van der Waals surface area contributed by atoms with Crippen LogP contribution in [-0.4, -0.2) is 20.0 Å². The number of amides is 1. The highest BCUT2D eigenvalue weighted by molar-refractivity contribution is 8.00. The summed E-state index contributed by atoms with van der Waals surface area (Å²) in [5, 5.41) is 0. The molecule has 0 aliphatic carbocycles. The van der Waals surface area contributed by atoms with Crippen molar-refractivity contribution in [2.24, 2.45) is 19.8 Å². The van der Waals surface area contributed by atoms with Crippen LogP contribution >= 0.6 is 23.1 Å². The summed E-state index contributed by atoms with van der Waals surface area (Å²) in [7, 11) is 3.07. The minimum atomic E-state index is -0.391. The fourth-order valence-corrected chi connectivity index (χ4v) is 4.10. The summed E-state index contributed by atoms with van der Waals surface area (Å²) < 4.78 is 3.29. The molecule has 2 rings (SSSR count). The lowest BCUT2D eigenvalue weighted by Gasteiger charge is -2.07. The molecule has 0 aliphatic rings. The first kappa shape index (κ1) is 16.5. The Labute approximate surface area is 134 Å². The number of hydrogen-bond acceptors (Lipinski definition) is 6. The average Bonchev–Trinajstić information content (AvgIpc) is 2.79. The molecule has 0 aromatic carbocycles. The number of carbonyl (C=O) groups excluding carboxylic acids is 1. The molecule has 118 valence electrons. The number of nitrogens with two attached hydrogens (primary N) is 1. The maximum absolute atomic E-state index is 11.9. The third-order valence-electron chi connectivity index (χ3n) is 3.18. The topological polar surface area (TPSA) is 100.0 Å².